The van der Waals surface area contributed by atoms with E-state index in [2.05, 4.69) is 16.8 Å². The molecule has 1 heterocycles. The molecule has 5 heteroatoms. The predicted molar refractivity (Wildman–Crippen MR) is 89.4 cm³/mol. The Morgan fingerprint density at radius 2 is 2.00 bits per heavy atom. The maximum Gasteiger partial charge on any atom is 0.340 e. The first-order chi connectivity index (χ1) is 10.9. The highest BCUT2D eigenvalue weighted by atomic mass is 16.5. The highest BCUT2D eigenvalue weighted by Crippen LogP contribution is 2.23. The molecule has 5 nitrogen and oxygen atoms in total. The molecule has 1 N–H and O–H groups in total. The Bertz CT molecular complexity index is 577. The molecule has 1 aromatic rings. The lowest BCUT2D eigenvalue weighted by atomic mass is 9.86. The van der Waals surface area contributed by atoms with Gasteiger partial charge in [-0.25, -0.2) is 4.79 Å². The van der Waals surface area contributed by atoms with Gasteiger partial charge in [0.1, 0.15) is 0 Å². The predicted octanol–water partition coefficient (Wildman–Crippen LogP) is 2.98. The van der Waals surface area contributed by atoms with E-state index in [1.54, 1.807) is 0 Å². The highest BCUT2D eigenvalue weighted by molar-refractivity contribution is 5.92. The minimum atomic E-state index is -0.426. The lowest BCUT2D eigenvalue weighted by Crippen LogP contribution is -2.42. The van der Waals surface area contributed by atoms with Gasteiger partial charge in [-0.05, 0) is 45.6 Å². The zero-order valence-electron chi connectivity index (χ0n) is 14.6. The molecule has 1 saturated carbocycles. The molecule has 2 rings (SSSR count). The van der Waals surface area contributed by atoms with Crippen LogP contribution in [0.25, 0.3) is 0 Å². The van der Waals surface area contributed by atoms with E-state index in [1.165, 1.54) is 6.42 Å². The molecule has 1 fully saturated rings. The summed E-state index contributed by atoms with van der Waals surface area (Å²) < 4.78 is 7.25. The van der Waals surface area contributed by atoms with E-state index in [4.69, 9.17) is 4.74 Å². The molecular formula is C18H28N2O3. The summed E-state index contributed by atoms with van der Waals surface area (Å²) in [7, 11) is 0. The van der Waals surface area contributed by atoms with E-state index < -0.39 is 5.97 Å². The summed E-state index contributed by atoms with van der Waals surface area (Å²) in [5.41, 5.74) is 2.46. The van der Waals surface area contributed by atoms with Crippen molar-refractivity contribution in [3.05, 3.63) is 23.0 Å². The molecule has 1 aliphatic rings. The van der Waals surface area contributed by atoms with Gasteiger partial charge in [0, 0.05) is 24.0 Å². The molecular weight excluding hydrogens is 292 g/mol. The van der Waals surface area contributed by atoms with Gasteiger partial charge in [0.25, 0.3) is 5.91 Å². The summed E-state index contributed by atoms with van der Waals surface area (Å²) >= 11 is 0. The first-order valence-electron chi connectivity index (χ1n) is 8.57. The van der Waals surface area contributed by atoms with Gasteiger partial charge >= 0.3 is 5.97 Å². The third-order valence-corrected chi connectivity index (χ3v) is 4.90. The molecule has 1 aliphatic carbocycles. The molecule has 0 spiro atoms. The van der Waals surface area contributed by atoms with Gasteiger partial charge < -0.3 is 14.6 Å². The Morgan fingerprint density at radius 1 is 1.30 bits per heavy atom. The topological polar surface area (TPSA) is 60.3 Å². The quantitative estimate of drug-likeness (QED) is 0.849. The number of carbonyl (C=O) groups excluding carboxylic acids is 2. The van der Waals surface area contributed by atoms with E-state index in [-0.39, 0.29) is 18.6 Å². The zero-order valence-corrected chi connectivity index (χ0v) is 14.6. The molecule has 128 valence electrons. The molecule has 0 saturated heterocycles. The van der Waals surface area contributed by atoms with Gasteiger partial charge in [-0.1, -0.05) is 19.8 Å². The van der Waals surface area contributed by atoms with Crippen LogP contribution in [0.2, 0.25) is 0 Å². The fraction of sp³-hybridized carbons (Fsp3) is 0.667. The molecule has 0 aliphatic heterocycles. The second kappa shape index (κ2) is 7.66. The number of hydrogen-bond donors (Lipinski definition) is 1. The van der Waals surface area contributed by atoms with Crippen molar-refractivity contribution in [3.63, 3.8) is 0 Å². The second-order valence-corrected chi connectivity index (χ2v) is 6.54. The van der Waals surface area contributed by atoms with Crippen molar-refractivity contribution >= 4 is 11.9 Å². The van der Waals surface area contributed by atoms with E-state index in [1.807, 2.05) is 26.8 Å². The molecule has 0 bridgehead atoms. The van der Waals surface area contributed by atoms with Crippen LogP contribution in [0.3, 0.4) is 0 Å². The van der Waals surface area contributed by atoms with Crippen LogP contribution in [0.1, 0.15) is 61.3 Å². The smallest absolute Gasteiger partial charge is 0.340 e. The van der Waals surface area contributed by atoms with Crippen LogP contribution in [0.5, 0.6) is 0 Å². The largest absolute Gasteiger partial charge is 0.452 e. The number of carbonyl (C=O) groups is 2. The van der Waals surface area contributed by atoms with E-state index in [9.17, 15) is 9.59 Å². The average molecular weight is 320 g/mol. The standard InChI is InChI=1S/C18H28N2O3/c1-5-20-13(3)10-15(14(20)4)18(22)23-11-17(21)19-16-9-7-6-8-12(16)2/h10,12,16H,5-9,11H2,1-4H3,(H,19,21)/t12-,16-/m1/s1. The van der Waals surface area contributed by atoms with Gasteiger partial charge in [-0.3, -0.25) is 4.79 Å². The van der Waals surface area contributed by atoms with E-state index in [0.717, 1.165) is 37.2 Å². The van der Waals surface area contributed by atoms with Crippen molar-refractivity contribution in [1.82, 2.24) is 9.88 Å². The van der Waals surface area contributed by atoms with Gasteiger partial charge in [-0.2, -0.15) is 0 Å². The maximum absolute atomic E-state index is 12.2. The molecule has 1 aromatic heterocycles. The van der Waals surface area contributed by atoms with Crippen LogP contribution in [-0.4, -0.2) is 29.1 Å². The van der Waals surface area contributed by atoms with Crippen molar-refractivity contribution < 1.29 is 14.3 Å². The Morgan fingerprint density at radius 3 is 2.61 bits per heavy atom. The second-order valence-electron chi connectivity index (χ2n) is 6.54. The van der Waals surface area contributed by atoms with Crippen molar-refractivity contribution in [2.24, 2.45) is 5.92 Å². The van der Waals surface area contributed by atoms with Gasteiger partial charge in [0.15, 0.2) is 6.61 Å². The third-order valence-electron chi connectivity index (χ3n) is 4.90. The number of rotatable bonds is 5. The normalized spacial score (nSPS) is 21.0. The maximum atomic E-state index is 12.2. The van der Waals surface area contributed by atoms with Crippen molar-refractivity contribution in [3.8, 4) is 0 Å². The van der Waals surface area contributed by atoms with E-state index in [0.29, 0.717) is 11.5 Å². The minimum Gasteiger partial charge on any atom is -0.452 e. The summed E-state index contributed by atoms with van der Waals surface area (Å²) in [5, 5.41) is 3.00. The number of aryl methyl sites for hydroxylation is 1. The van der Waals surface area contributed by atoms with Crippen LogP contribution in [0, 0.1) is 19.8 Å². The highest BCUT2D eigenvalue weighted by Gasteiger charge is 2.23. The van der Waals surface area contributed by atoms with Crippen LogP contribution >= 0.6 is 0 Å². The Kier molecular flexibility index (Phi) is 5.85. The van der Waals surface area contributed by atoms with Crippen molar-refractivity contribution in [1.29, 1.82) is 0 Å². The first kappa shape index (κ1) is 17.6. The minimum absolute atomic E-state index is 0.207. The number of nitrogens with zero attached hydrogens (tertiary/aromatic N) is 1. The number of ether oxygens (including phenoxy) is 1. The average Bonchev–Trinajstić information content (AvgIpc) is 2.81. The van der Waals surface area contributed by atoms with Gasteiger partial charge in [0.2, 0.25) is 0 Å². The molecule has 1 amide bonds. The monoisotopic (exact) mass is 320 g/mol. The number of hydrogen-bond acceptors (Lipinski definition) is 3. The number of nitrogens with one attached hydrogen (secondary N) is 1. The first-order valence-corrected chi connectivity index (χ1v) is 8.57. The summed E-state index contributed by atoms with van der Waals surface area (Å²) in [5.74, 6) is -0.141. The Hall–Kier alpha value is -1.78. The zero-order chi connectivity index (χ0) is 17.0. The fourth-order valence-corrected chi connectivity index (χ4v) is 3.48. The molecule has 0 aromatic carbocycles. The van der Waals surface area contributed by atoms with Gasteiger partial charge in [0.05, 0.1) is 5.56 Å². The summed E-state index contributed by atoms with van der Waals surface area (Å²) in [4.78, 5) is 24.2. The summed E-state index contributed by atoms with van der Waals surface area (Å²) in [6.45, 7) is 8.66. The fourth-order valence-electron chi connectivity index (χ4n) is 3.48. The van der Waals surface area contributed by atoms with Crippen LogP contribution in [-0.2, 0) is 16.1 Å². The molecule has 0 radical (unpaired) electrons. The van der Waals surface area contributed by atoms with Gasteiger partial charge in [-0.15, -0.1) is 0 Å². The number of amides is 1. The van der Waals surface area contributed by atoms with Crippen molar-refractivity contribution in [2.75, 3.05) is 6.61 Å². The molecule has 23 heavy (non-hydrogen) atoms. The SMILES string of the molecule is CCn1c(C)cc(C(=O)OCC(=O)N[C@@H]2CCCC[C@H]2C)c1C. The Labute approximate surface area is 138 Å². The lowest BCUT2D eigenvalue weighted by molar-refractivity contribution is -0.125. The van der Waals surface area contributed by atoms with Crippen LogP contribution in [0.4, 0.5) is 0 Å². The number of esters is 1. The third kappa shape index (κ3) is 4.15. The van der Waals surface area contributed by atoms with Crippen molar-refractivity contribution in [2.45, 2.75) is 66.0 Å². The number of aromatic nitrogens is 1. The van der Waals surface area contributed by atoms with Crippen LogP contribution < -0.4 is 5.32 Å². The summed E-state index contributed by atoms with van der Waals surface area (Å²) in [6.07, 6.45) is 4.54. The molecule has 2 atom stereocenters. The Balaban J connectivity index is 1.87. The summed E-state index contributed by atoms with van der Waals surface area (Å²) in [6, 6.07) is 2.03. The van der Waals surface area contributed by atoms with E-state index >= 15 is 0 Å². The van der Waals surface area contributed by atoms with Crippen LogP contribution in [0.15, 0.2) is 6.07 Å². The lowest BCUT2D eigenvalue weighted by Gasteiger charge is -2.29. The molecule has 0 unspecified atom stereocenters.